The van der Waals surface area contributed by atoms with Gasteiger partial charge in [-0.1, -0.05) is 41.8 Å². The van der Waals surface area contributed by atoms with Crippen LogP contribution in [0.1, 0.15) is 24.5 Å². The van der Waals surface area contributed by atoms with Crippen LogP contribution < -0.4 is 0 Å². The van der Waals surface area contributed by atoms with E-state index in [2.05, 4.69) is 10.6 Å². The van der Waals surface area contributed by atoms with Crippen LogP contribution in [0.2, 0.25) is 0 Å². The predicted octanol–water partition coefficient (Wildman–Crippen LogP) is 3.27. The fourth-order valence-corrected chi connectivity index (χ4v) is 4.64. The zero-order chi connectivity index (χ0) is 16.9. The molecule has 5 nitrogen and oxygen atoms in total. The Morgan fingerprint density at radius 3 is 2.83 bits per heavy atom. The topological polar surface area (TPSA) is 79.5 Å². The second-order valence-electron chi connectivity index (χ2n) is 5.01. The van der Waals surface area contributed by atoms with Crippen LogP contribution in [0.25, 0.3) is 5.57 Å². The zero-order valence-corrected chi connectivity index (χ0v) is 14.7. The summed E-state index contributed by atoms with van der Waals surface area (Å²) in [5.74, 6) is 0.483. The van der Waals surface area contributed by atoms with Crippen molar-refractivity contribution in [3.63, 3.8) is 0 Å². The van der Waals surface area contributed by atoms with E-state index in [0.29, 0.717) is 22.7 Å². The van der Waals surface area contributed by atoms with Gasteiger partial charge in [-0.2, -0.15) is 13.7 Å². The lowest BCUT2D eigenvalue weighted by Crippen LogP contribution is -2.07. The molecule has 1 unspecified atom stereocenters. The van der Waals surface area contributed by atoms with Crippen LogP contribution >= 0.6 is 0 Å². The molecular formula is C16H18N2O3S2. The van der Waals surface area contributed by atoms with Gasteiger partial charge in [-0.15, -0.1) is 4.28 Å². The molecule has 2 rings (SSSR count). The average Bonchev–Trinajstić information content (AvgIpc) is 2.96. The molecule has 23 heavy (non-hydrogen) atoms. The summed E-state index contributed by atoms with van der Waals surface area (Å²) in [7, 11) is -4.43. The number of hydrogen-bond donors (Lipinski definition) is 0. The third-order valence-corrected chi connectivity index (χ3v) is 6.15. The quantitative estimate of drug-likeness (QED) is 0.603. The molecule has 7 heteroatoms. The van der Waals surface area contributed by atoms with E-state index in [4.69, 9.17) is 4.28 Å². The van der Waals surface area contributed by atoms with E-state index in [1.807, 2.05) is 43.3 Å². The molecule has 0 N–H and O–H groups in total. The van der Waals surface area contributed by atoms with Gasteiger partial charge in [0.2, 0.25) is 0 Å². The minimum atomic E-state index is -3.64. The van der Waals surface area contributed by atoms with Crippen molar-refractivity contribution in [3.05, 3.63) is 52.4 Å². The van der Waals surface area contributed by atoms with Crippen molar-refractivity contribution in [1.29, 1.82) is 5.26 Å². The maximum Gasteiger partial charge on any atom is 0.290 e. The minimum Gasteiger partial charge on any atom is -0.197 e. The van der Waals surface area contributed by atoms with Crippen LogP contribution in [0.5, 0.6) is 0 Å². The van der Waals surface area contributed by atoms with Gasteiger partial charge in [-0.25, -0.2) is 0 Å². The fourth-order valence-electron chi connectivity index (χ4n) is 2.16. The highest BCUT2D eigenvalue weighted by molar-refractivity contribution is 7.92. The van der Waals surface area contributed by atoms with E-state index in [0.717, 1.165) is 11.1 Å². The molecule has 1 aromatic rings. The van der Waals surface area contributed by atoms with E-state index in [9.17, 15) is 13.7 Å². The molecule has 0 bridgehead atoms. The van der Waals surface area contributed by atoms with Crippen molar-refractivity contribution in [3.8, 4) is 6.07 Å². The monoisotopic (exact) mass is 350 g/mol. The first-order chi connectivity index (χ1) is 11.0. The molecule has 1 aromatic carbocycles. The molecule has 0 aliphatic carbocycles. The van der Waals surface area contributed by atoms with Crippen molar-refractivity contribution in [2.24, 2.45) is 4.53 Å². The highest BCUT2D eigenvalue weighted by Crippen LogP contribution is 2.28. The Hall–Kier alpha value is -1.75. The maximum atomic E-state index is 11.6. The lowest BCUT2D eigenvalue weighted by molar-refractivity contribution is 0.346. The second kappa shape index (κ2) is 7.68. The maximum absolute atomic E-state index is 11.6. The van der Waals surface area contributed by atoms with E-state index in [1.54, 1.807) is 6.92 Å². The van der Waals surface area contributed by atoms with Crippen molar-refractivity contribution < 1.29 is 12.7 Å². The number of hydrogen-bond acceptors (Lipinski definition) is 5. The Morgan fingerprint density at radius 2 is 2.17 bits per heavy atom. The normalized spacial score (nSPS) is 19.8. The number of aryl methyl sites for hydroxylation is 1. The second-order valence-corrected chi connectivity index (χ2v) is 8.33. The first-order valence-corrected chi connectivity index (χ1v) is 10.1. The van der Waals surface area contributed by atoms with Gasteiger partial charge in [-0.3, -0.25) is 0 Å². The molecule has 1 atom stereocenters. The average molecular weight is 350 g/mol. The number of nitrogens with zero attached hydrogens (tertiary/aromatic N) is 2. The SMILES string of the molecule is CCCS(=O)(=O)O/N=S1\CC=C\C1=C(\C#N)c1ccccc1C. The summed E-state index contributed by atoms with van der Waals surface area (Å²) >= 11 is 0. The van der Waals surface area contributed by atoms with Gasteiger partial charge in [-0.05, 0) is 41.2 Å². The molecular weight excluding hydrogens is 332 g/mol. The van der Waals surface area contributed by atoms with Gasteiger partial charge in [0, 0.05) is 10.7 Å². The Bertz CT molecular complexity index is 831. The van der Waals surface area contributed by atoms with Gasteiger partial charge in [0.05, 0.1) is 11.3 Å². The zero-order valence-electron chi connectivity index (χ0n) is 13.0. The van der Waals surface area contributed by atoms with Crippen LogP contribution in [0.15, 0.2) is 45.8 Å². The van der Waals surface area contributed by atoms with Gasteiger partial charge >= 0.3 is 0 Å². The molecule has 0 radical (unpaired) electrons. The summed E-state index contributed by atoms with van der Waals surface area (Å²) in [6, 6.07) is 9.82. The molecule has 0 aromatic heterocycles. The van der Waals surface area contributed by atoms with Gasteiger partial charge in [0.15, 0.2) is 0 Å². The third-order valence-electron chi connectivity index (χ3n) is 3.24. The lowest BCUT2D eigenvalue weighted by Gasteiger charge is -2.08. The number of nitriles is 1. The first kappa shape index (κ1) is 17.6. The summed E-state index contributed by atoms with van der Waals surface area (Å²) in [6.45, 7) is 3.70. The Kier molecular flexibility index (Phi) is 5.88. The highest BCUT2D eigenvalue weighted by Gasteiger charge is 2.18. The third kappa shape index (κ3) is 4.38. The van der Waals surface area contributed by atoms with Gasteiger partial charge in [0.1, 0.15) is 6.07 Å². The summed E-state index contributed by atoms with van der Waals surface area (Å²) in [4.78, 5) is 0.716. The minimum absolute atomic E-state index is 0.0664. The summed E-state index contributed by atoms with van der Waals surface area (Å²) in [5.41, 5.74) is 2.33. The molecule has 0 amide bonds. The highest BCUT2D eigenvalue weighted by atomic mass is 32.2. The largest absolute Gasteiger partial charge is 0.290 e. The summed E-state index contributed by atoms with van der Waals surface area (Å²) in [6.07, 6.45) is 4.18. The van der Waals surface area contributed by atoms with Crippen LogP contribution in [0.4, 0.5) is 0 Å². The van der Waals surface area contributed by atoms with E-state index < -0.39 is 20.8 Å². The van der Waals surface area contributed by atoms with Crippen molar-refractivity contribution in [1.82, 2.24) is 0 Å². The summed E-state index contributed by atoms with van der Waals surface area (Å²) < 4.78 is 31.9. The molecule has 1 aliphatic heterocycles. The Morgan fingerprint density at radius 1 is 1.43 bits per heavy atom. The molecule has 0 saturated heterocycles. The predicted molar refractivity (Wildman–Crippen MR) is 92.7 cm³/mol. The van der Waals surface area contributed by atoms with E-state index in [-0.39, 0.29) is 5.75 Å². The summed E-state index contributed by atoms with van der Waals surface area (Å²) in [5, 5.41) is 9.56. The van der Waals surface area contributed by atoms with Crippen LogP contribution in [0.3, 0.4) is 0 Å². The smallest absolute Gasteiger partial charge is 0.197 e. The van der Waals surface area contributed by atoms with Crippen LogP contribution in [-0.4, -0.2) is 19.9 Å². The number of rotatable bonds is 5. The first-order valence-electron chi connectivity index (χ1n) is 7.18. The molecule has 0 spiro atoms. The van der Waals surface area contributed by atoms with Gasteiger partial charge < -0.3 is 0 Å². The lowest BCUT2D eigenvalue weighted by atomic mass is 10.0. The molecule has 1 heterocycles. The van der Waals surface area contributed by atoms with E-state index in [1.165, 1.54) is 0 Å². The van der Waals surface area contributed by atoms with Crippen LogP contribution in [0, 0.1) is 18.3 Å². The Balaban J connectivity index is 2.42. The van der Waals surface area contributed by atoms with Crippen LogP contribution in [-0.2, 0) is 25.1 Å². The molecule has 122 valence electrons. The number of benzene rings is 1. The number of allylic oxidation sites excluding steroid dienone is 2. The van der Waals surface area contributed by atoms with E-state index >= 15 is 0 Å². The van der Waals surface area contributed by atoms with Crippen molar-refractivity contribution in [2.75, 3.05) is 11.5 Å². The Labute approximate surface area is 139 Å². The molecule has 0 saturated carbocycles. The standard InChI is InChI=1S/C16H18N2O3S2/c1-3-11-23(19,20)21-18-22-10-6-9-16(22)15(12-17)14-8-5-4-7-13(14)2/h4-9H,3,10-11H2,1-2H3/b16-15+. The fraction of sp³-hybridized carbons (Fsp3) is 0.312. The van der Waals surface area contributed by atoms with Crippen molar-refractivity contribution in [2.45, 2.75) is 20.3 Å². The molecule has 1 aliphatic rings. The molecule has 0 fully saturated rings. The van der Waals surface area contributed by atoms with Gasteiger partial charge in [0.25, 0.3) is 10.1 Å². The van der Waals surface area contributed by atoms with Crippen molar-refractivity contribution >= 4 is 26.4 Å².